The second-order valence-corrected chi connectivity index (χ2v) is 5.17. The van der Waals surface area contributed by atoms with Gasteiger partial charge in [-0.3, -0.25) is 9.89 Å². The van der Waals surface area contributed by atoms with Gasteiger partial charge >= 0.3 is 0 Å². The van der Waals surface area contributed by atoms with E-state index < -0.39 is 0 Å². The van der Waals surface area contributed by atoms with Gasteiger partial charge in [0.25, 0.3) is 0 Å². The summed E-state index contributed by atoms with van der Waals surface area (Å²) in [4.78, 5) is 16.9. The normalized spacial score (nSPS) is 15.1. The number of pyridine rings is 1. The van der Waals surface area contributed by atoms with E-state index in [4.69, 9.17) is 5.73 Å². The number of H-pyrrole nitrogens is 1. The fraction of sp³-hybridized carbons (Fsp3) is 0.526. The fourth-order valence-corrected chi connectivity index (χ4v) is 2.52. The van der Waals surface area contributed by atoms with Crippen LogP contribution in [0.25, 0.3) is 10.9 Å². The third-order valence-electron chi connectivity index (χ3n) is 3.69. The number of anilines is 1. The summed E-state index contributed by atoms with van der Waals surface area (Å²) in [6.45, 7) is 16.4. The lowest BCUT2D eigenvalue weighted by molar-refractivity contribution is -0.126. The molecule has 1 saturated heterocycles. The summed E-state index contributed by atoms with van der Waals surface area (Å²) in [5.41, 5.74) is 7.46. The highest BCUT2D eigenvalue weighted by molar-refractivity contribution is 5.90. The van der Waals surface area contributed by atoms with Crippen LogP contribution >= 0.6 is 0 Å². The summed E-state index contributed by atoms with van der Waals surface area (Å²) >= 11 is 0. The SMILES string of the molecule is C=CC(=O)N1CCCC1C.CC.CC.Cc1[nH]nc2ccnc(N)c12. The van der Waals surface area contributed by atoms with Crippen molar-refractivity contribution in [1.82, 2.24) is 20.1 Å². The lowest BCUT2D eigenvalue weighted by atomic mass is 10.2. The molecule has 0 saturated carbocycles. The molecule has 2 aromatic rings. The van der Waals surface area contributed by atoms with Crippen LogP contribution in [0, 0.1) is 6.92 Å². The van der Waals surface area contributed by atoms with Crippen molar-refractivity contribution in [3.63, 3.8) is 0 Å². The number of fused-ring (bicyclic) bond motifs is 1. The van der Waals surface area contributed by atoms with Crippen LogP contribution in [0.1, 0.15) is 53.2 Å². The number of hydrogen-bond acceptors (Lipinski definition) is 4. The number of likely N-dealkylation sites (tertiary alicyclic amines) is 1. The van der Waals surface area contributed by atoms with Gasteiger partial charge in [0.15, 0.2) is 0 Å². The van der Waals surface area contributed by atoms with Crippen LogP contribution in [0.2, 0.25) is 0 Å². The van der Waals surface area contributed by atoms with Gasteiger partial charge in [0.2, 0.25) is 5.91 Å². The first-order valence-corrected chi connectivity index (χ1v) is 9.02. The van der Waals surface area contributed by atoms with Gasteiger partial charge in [-0.05, 0) is 38.8 Å². The zero-order valence-corrected chi connectivity index (χ0v) is 16.5. The minimum atomic E-state index is 0.0741. The van der Waals surface area contributed by atoms with Gasteiger partial charge in [0.1, 0.15) is 5.82 Å². The van der Waals surface area contributed by atoms with Gasteiger partial charge in [-0.25, -0.2) is 4.98 Å². The molecule has 0 bridgehead atoms. The van der Waals surface area contributed by atoms with Crippen molar-refractivity contribution in [1.29, 1.82) is 0 Å². The van der Waals surface area contributed by atoms with E-state index in [0.717, 1.165) is 36.0 Å². The van der Waals surface area contributed by atoms with Crippen molar-refractivity contribution in [2.45, 2.75) is 60.4 Å². The molecule has 6 heteroatoms. The minimum Gasteiger partial charge on any atom is -0.383 e. The average molecular weight is 348 g/mol. The second kappa shape index (κ2) is 12.1. The highest BCUT2D eigenvalue weighted by atomic mass is 16.2. The van der Waals surface area contributed by atoms with Gasteiger partial charge in [-0.2, -0.15) is 5.10 Å². The average Bonchev–Trinajstić information content (AvgIpc) is 3.25. The molecule has 1 aliphatic rings. The smallest absolute Gasteiger partial charge is 0.246 e. The van der Waals surface area contributed by atoms with Gasteiger partial charge in [0, 0.05) is 24.5 Å². The standard InChI is InChI=1S/C8H13NO.C7H8N4.2C2H6/c1-3-8(10)9-6-4-5-7(9)2;1-4-6-5(11-10-4)2-3-9-7(6)8;2*1-2/h3,7H,1,4-6H2,2H3;2-3H,1H3,(H2,8,9)(H,10,11);2*1-2H3. The number of carbonyl (C=O) groups excluding carboxylic acids is 1. The lowest BCUT2D eigenvalue weighted by Gasteiger charge is -2.18. The van der Waals surface area contributed by atoms with Crippen LogP contribution < -0.4 is 5.73 Å². The number of nitrogens with zero attached hydrogens (tertiary/aromatic N) is 3. The molecule has 3 rings (SSSR count). The molecular weight excluding hydrogens is 314 g/mol. The Bertz CT molecular complexity index is 650. The number of rotatable bonds is 1. The minimum absolute atomic E-state index is 0.0741. The van der Waals surface area contributed by atoms with Crippen LogP contribution in [0.3, 0.4) is 0 Å². The maximum Gasteiger partial charge on any atom is 0.246 e. The van der Waals surface area contributed by atoms with E-state index in [1.165, 1.54) is 6.08 Å². The molecule has 2 aromatic heterocycles. The zero-order valence-electron chi connectivity index (χ0n) is 16.5. The molecule has 0 radical (unpaired) electrons. The van der Waals surface area contributed by atoms with E-state index in [2.05, 4.69) is 28.7 Å². The van der Waals surface area contributed by atoms with E-state index in [9.17, 15) is 4.79 Å². The zero-order chi connectivity index (χ0) is 19.4. The molecule has 1 unspecified atom stereocenters. The van der Waals surface area contributed by atoms with E-state index >= 15 is 0 Å². The Morgan fingerprint density at radius 3 is 2.52 bits per heavy atom. The quantitative estimate of drug-likeness (QED) is 0.761. The Kier molecular flexibility index (Phi) is 10.9. The molecule has 0 spiro atoms. The number of nitrogen functional groups attached to an aromatic ring is 1. The topological polar surface area (TPSA) is 87.9 Å². The number of aryl methyl sites for hydroxylation is 1. The lowest BCUT2D eigenvalue weighted by Crippen LogP contribution is -2.31. The number of carbonyl (C=O) groups is 1. The maximum atomic E-state index is 11.0. The molecule has 0 aromatic carbocycles. The predicted molar refractivity (Wildman–Crippen MR) is 106 cm³/mol. The molecule has 3 heterocycles. The highest BCUT2D eigenvalue weighted by Crippen LogP contribution is 2.18. The van der Waals surface area contributed by atoms with E-state index in [1.54, 1.807) is 6.20 Å². The van der Waals surface area contributed by atoms with Crippen LogP contribution in [-0.4, -0.2) is 38.6 Å². The Hall–Kier alpha value is -2.37. The maximum absolute atomic E-state index is 11.0. The van der Waals surface area contributed by atoms with Gasteiger partial charge < -0.3 is 10.6 Å². The Balaban J connectivity index is 0.000000387. The van der Waals surface area contributed by atoms with Crippen molar-refractivity contribution in [2.24, 2.45) is 0 Å². The van der Waals surface area contributed by atoms with Crippen LogP contribution in [0.5, 0.6) is 0 Å². The van der Waals surface area contributed by atoms with Crippen LogP contribution in [0.15, 0.2) is 24.9 Å². The summed E-state index contributed by atoms with van der Waals surface area (Å²) in [5.74, 6) is 0.610. The number of nitrogens with two attached hydrogens (primary N) is 1. The van der Waals surface area contributed by atoms with E-state index in [1.807, 2.05) is 45.6 Å². The third kappa shape index (κ3) is 6.21. The first-order valence-electron chi connectivity index (χ1n) is 9.02. The number of amides is 1. The van der Waals surface area contributed by atoms with E-state index in [-0.39, 0.29) is 5.91 Å². The van der Waals surface area contributed by atoms with Gasteiger partial charge in [0.05, 0.1) is 10.9 Å². The molecule has 1 amide bonds. The molecule has 140 valence electrons. The molecule has 1 fully saturated rings. The molecule has 6 nitrogen and oxygen atoms in total. The Morgan fingerprint density at radius 1 is 1.40 bits per heavy atom. The third-order valence-corrected chi connectivity index (χ3v) is 3.69. The van der Waals surface area contributed by atoms with Crippen LogP contribution in [0.4, 0.5) is 5.82 Å². The monoisotopic (exact) mass is 347 g/mol. The summed E-state index contributed by atoms with van der Waals surface area (Å²) in [5, 5.41) is 7.81. The van der Waals surface area contributed by atoms with Crippen molar-refractivity contribution in [2.75, 3.05) is 12.3 Å². The number of aromatic amines is 1. The Morgan fingerprint density at radius 2 is 2.04 bits per heavy atom. The predicted octanol–water partition coefficient (Wildman–Crippen LogP) is 4.08. The molecule has 0 aliphatic carbocycles. The number of aromatic nitrogens is 3. The summed E-state index contributed by atoms with van der Waals surface area (Å²) in [6, 6.07) is 2.25. The largest absolute Gasteiger partial charge is 0.383 e. The summed E-state index contributed by atoms with van der Waals surface area (Å²) in [7, 11) is 0. The first kappa shape index (κ1) is 22.6. The first-order chi connectivity index (χ1) is 12.0. The summed E-state index contributed by atoms with van der Waals surface area (Å²) in [6.07, 6.45) is 5.32. The van der Waals surface area contributed by atoms with Gasteiger partial charge in [-0.15, -0.1) is 0 Å². The molecule has 1 aliphatic heterocycles. The summed E-state index contributed by atoms with van der Waals surface area (Å²) < 4.78 is 0. The van der Waals surface area contributed by atoms with Crippen molar-refractivity contribution in [3.05, 3.63) is 30.6 Å². The highest BCUT2D eigenvalue weighted by Gasteiger charge is 2.22. The van der Waals surface area contributed by atoms with Crippen molar-refractivity contribution in [3.8, 4) is 0 Å². The number of nitrogens with one attached hydrogen (secondary N) is 1. The van der Waals surface area contributed by atoms with Crippen molar-refractivity contribution >= 4 is 22.6 Å². The molecule has 25 heavy (non-hydrogen) atoms. The Labute approximate surface area is 151 Å². The number of hydrogen-bond donors (Lipinski definition) is 2. The molecular formula is C19H33N5O. The molecule has 3 N–H and O–H groups in total. The van der Waals surface area contributed by atoms with Gasteiger partial charge in [-0.1, -0.05) is 34.3 Å². The van der Waals surface area contributed by atoms with E-state index in [0.29, 0.717) is 11.9 Å². The molecule has 1 atom stereocenters. The fourth-order valence-electron chi connectivity index (χ4n) is 2.52. The van der Waals surface area contributed by atoms with Crippen molar-refractivity contribution < 1.29 is 4.79 Å². The van der Waals surface area contributed by atoms with Crippen LogP contribution in [-0.2, 0) is 4.79 Å². The second-order valence-electron chi connectivity index (χ2n) is 5.17.